The average Bonchev–Trinajstić information content (AvgIpc) is 2.37. The molecule has 0 aliphatic heterocycles. The second-order valence-electron chi connectivity index (χ2n) is 12.6. The van der Waals surface area contributed by atoms with Crippen molar-refractivity contribution in [3.8, 4) is 0 Å². The molecule has 0 saturated carbocycles. The van der Waals surface area contributed by atoms with Gasteiger partial charge in [0.2, 0.25) is 0 Å². The van der Waals surface area contributed by atoms with Crippen molar-refractivity contribution in [1.82, 2.24) is 5.01 Å². The predicted molar refractivity (Wildman–Crippen MR) is 151 cm³/mol. The van der Waals surface area contributed by atoms with E-state index in [1.807, 2.05) is 0 Å². The average molecular weight is 634 g/mol. The molecular weight excluding hydrogens is 578 g/mol. The molecule has 0 fully saturated rings. The van der Waals surface area contributed by atoms with Crippen molar-refractivity contribution in [3.63, 3.8) is 0 Å². The molecule has 0 aromatic heterocycles. The molecule has 32 heavy (non-hydrogen) atoms. The van der Waals surface area contributed by atoms with E-state index in [0.29, 0.717) is 0 Å². The van der Waals surface area contributed by atoms with Gasteiger partial charge >= 0.3 is 212 Å². The first-order valence-corrected chi connectivity index (χ1v) is 28.5. The van der Waals surface area contributed by atoms with Crippen molar-refractivity contribution in [1.29, 1.82) is 0 Å². The van der Waals surface area contributed by atoms with Crippen LogP contribution in [0.25, 0.3) is 0 Å². The number of nitrogens with zero attached hydrogens (tertiary/aromatic N) is 2. The molecule has 0 unspecified atom stereocenters. The van der Waals surface area contributed by atoms with Crippen molar-refractivity contribution in [2.75, 3.05) is 0 Å². The number of hydrogen-bond donors (Lipinski definition) is 0. The fourth-order valence-electron chi connectivity index (χ4n) is 4.05. The van der Waals surface area contributed by atoms with Crippen LogP contribution < -0.4 is 0 Å². The summed E-state index contributed by atoms with van der Waals surface area (Å²) in [6, 6.07) is 0. The second-order valence-corrected chi connectivity index (χ2v) is 41.0. The molecule has 0 atom stereocenters. The quantitative estimate of drug-likeness (QED) is 0.146. The minimum atomic E-state index is -4.23. The van der Waals surface area contributed by atoms with Crippen molar-refractivity contribution < 1.29 is 15.2 Å². The molecule has 0 aliphatic rings. The van der Waals surface area contributed by atoms with E-state index in [1.165, 1.54) is 0 Å². The zero-order valence-electron chi connectivity index (χ0n) is 24.3. The SMILES string of the molecule is CC(C)OP(OC(C)C)[N]([Si](C)(C)C)[Sn]([O]C(C)C)([O]C(C)C)[N]([Si](C)(C)C)[Si](C)(C)C. The van der Waals surface area contributed by atoms with E-state index in [2.05, 4.69) is 119 Å². The van der Waals surface area contributed by atoms with E-state index >= 15 is 0 Å². The third-order valence-corrected chi connectivity index (χ3v) is 49.5. The summed E-state index contributed by atoms with van der Waals surface area (Å²) < 4.78 is 33.1. The van der Waals surface area contributed by atoms with Gasteiger partial charge in [0.1, 0.15) is 0 Å². The Morgan fingerprint density at radius 2 is 0.844 bits per heavy atom. The summed E-state index contributed by atoms with van der Waals surface area (Å²) >= 11 is -4.23. The topological polar surface area (TPSA) is 43.4 Å². The van der Waals surface area contributed by atoms with Gasteiger partial charge in [0.05, 0.1) is 0 Å². The summed E-state index contributed by atoms with van der Waals surface area (Å²) in [5.41, 5.74) is 0. The van der Waals surface area contributed by atoms with Crippen LogP contribution in [0.2, 0.25) is 58.9 Å². The van der Waals surface area contributed by atoms with Crippen LogP contribution in [0.15, 0.2) is 0 Å². The molecule has 0 spiro atoms. The Morgan fingerprint density at radius 1 is 0.531 bits per heavy atom. The summed E-state index contributed by atoms with van der Waals surface area (Å²) in [5.74, 6) is 0. The van der Waals surface area contributed by atoms with Gasteiger partial charge in [0.15, 0.2) is 0 Å². The first-order valence-electron chi connectivity index (χ1n) is 12.2. The van der Waals surface area contributed by atoms with Crippen LogP contribution in [0.1, 0.15) is 55.4 Å². The summed E-state index contributed by atoms with van der Waals surface area (Å²) in [6.07, 6.45) is 0.253. The molecule has 6 nitrogen and oxygen atoms in total. The molecule has 0 aromatic rings. The van der Waals surface area contributed by atoms with Gasteiger partial charge in [-0.15, -0.1) is 0 Å². The minimum absolute atomic E-state index is 0.0630. The van der Waals surface area contributed by atoms with Crippen LogP contribution in [0.3, 0.4) is 0 Å². The standard InChI is InChI=1S/C9H23NO2PSi.C6H18NSi2.2C3H7O.Sn/c1-8(2)11-13(12-9(3)4)10-14(5,6)7;1-8(2,3)7-9(4,5)6;2*1-3(2)4;/h8-9H,1-7H3;1-6H3;2*3H,1-2H3;/q4*-1;+4. The van der Waals surface area contributed by atoms with Gasteiger partial charge in [-0.1, -0.05) is 0 Å². The normalized spacial score (nSPS) is 15.0. The van der Waals surface area contributed by atoms with E-state index in [4.69, 9.17) is 15.2 Å². The Hall–Kier alpha value is 1.64. The van der Waals surface area contributed by atoms with E-state index in [1.54, 1.807) is 0 Å². The van der Waals surface area contributed by atoms with Gasteiger partial charge in [-0.05, 0) is 0 Å². The molecule has 0 bridgehead atoms. The zero-order valence-corrected chi connectivity index (χ0v) is 31.0. The zero-order chi connectivity index (χ0) is 25.9. The van der Waals surface area contributed by atoms with Gasteiger partial charge < -0.3 is 0 Å². The summed E-state index contributed by atoms with van der Waals surface area (Å²) in [7, 11) is -7.02. The molecule has 0 N–H and O–H groups in total. The summed E-state index contributed by atoms with van der Waals surface area (Å²) in [5, 5.41) is 0. The summed E-state index contributed by atoms with van der Waals surface area (Å²) in [6.45, 7) is 38.8. The molecule has 194 valence electrons. The van der Waals surface area contributed by atoms with Crippen LogP contribution in [0.4, 0.5) is 0 Å². The molecule has 0 amide bonds. The van der Waals surface area contributed by atoms with E-state index < -0.39 is 53.0 Å². The van der Waals surface area contributed by atoms with Crippen LogP contribution in [0, 0.1) is 0 Å². The monoisotopic (exact) mass is 634 g/mol. The third-order valence-electron chi connectivity index (χ3n) is 4.07. The van der Waals surface area contributed by atoms with Crippen LogP contribution in [0.5, 0.6) is 0 Å². The molecule has 0 aromatic carbocycles. The number of rotatable bonds is 14. The Kier molecular flexibility index (Phi) is 13.4. The molecule has 0 radical (unpaired) electrons. The fourth-order valence-corrected chi connectivity index (χ4v) is 55.6. The van der Waals surface area contributed by atoms with Gasteiger partial charge in [0.25, 0.3) is 0 Å². The van der Waals surface area contributed by atoms with Gasteiger partial charge in [0, 0.05) is 0 Å². The molecule has 0 aliphatic carbocycles. The fraction of sp³-hybridized carbons (Fsp3) is 1.00. The van der Waals surface area contributed by atoms with Gasteiger partial charge in [-0.25, -0.2) is 0 Å². The second kappa shape index (κ2) is 12.7. The Bertz CT molecular complexity index is 531. The molecule has 0 saturated heterocycles. The Balaban J connectivity index is 7.44. The third kappa shape index (κ3) is 10.3. The first-order chi connectivity index (χ1) is 14.1. The Morgan fingerprint density at radius 3 is 1.03 bits per heavy atom. The van der Waals surface area contributed by atoms with Crippen LogP contribution >= 0.6 is 8.53 Å². The van der Waals surface area contributed by atoms with Gasteiger partial charge in [-0.3, -0.25) is 0 Å². The maximum atomic E-state index is 7.20. The number of hydrogen-bond acceptors (Lipinski definition) is 6. The van der Waals surface area contributed by atoms with Crippen LogP contribution in [-0.2, 0) is 15.2 Å². The van der Waals surface area contributed by atoms with Crippen molar-refractivity contribution in [2.24, 2.45) is 0 Å². The summed E-state index contributed by atoms with van der Waals surface area (Å²) in [4.78, 5) is 0. The van der Waals surface area contributed by atoms with Crippen LogP contribution in [-0.4, -0.2) is 73.9 Å². The molecular formula is C21H55N2O4PSi3Sn. The molecule has 0 rings (SSSR count). The van der Waals surface area contributed by atoms with Crippen molar-refractivity contribution in [3.05, 3.63) is 0 Å². The first kappa shape index (κ1) is 33.6. The van der Waals surface area contributed by atoms with Crippen molar-refractivity contribution in [2.45, 2.75) is 139 Å². The molecule has 0 heterocycles. The predicted octanol–water partition coefficient (Wildman–Crippen LogP) is 7.46. The van der Waals surface area contributed by atoms with Gasteiger partial charge in [-0.2, -0.15) is 0 Å². The maximum absolute atomic E-state index is 7.20. The van der Waals surface area contributed by atoms with E-state index in [0.717, 1.165) is 0 Å². The van der Waals surface area contributed by atoms with Crippen molar-refractivity contribution >= 4 is 53.0 Å². The van der Waals surface area contributed by atoms with E-state index in [9.17, 15) is 0 Å². The van der Waals surface area contributed by atoms with E-state index in [-0.39, 0.29) is 24.4 Å². The molecule has 11 heteroatoms. The Labute approximate surface area is 211 Å².